The quantitative estimate of drug-likeness (QED) is 0.723. The number of hydrogen-bond acceptors (Lipinski definition) is 2. The lowest BCUT2D eigenvalue weighted by Gasteiger charge is -2.26. The van der Waals surface area contributed by atoms with Crippen LogP contribution >= 0.6 is 11.8 Å². The van der Waals surface area contributed by atoms with Crippen LogP contribution in [-0.4, -0.2) is 16.6 Å². The highest BCUT2D eigenvalue weighted by Gasteiger charge is 2.40. The minimum atomic E-state index is -4.56. The first-order valence-corrected chi connectivity index (χ1v) is 8.33. The number of hydrogen-bond donors (Lipinski definition) is 0. The zero-order valence-corrected chi connectivity index (χ0v) is 13.5. The lowest BCUT2D eigenvalue weighted by Crippen LogP contribution is -2.29. The second-order valence-electron chi connectivity index (χ2n) is 5.51. The van der Waals surface area contributed by atoms with Gasteiger partial charge in [0.05, 0.1) is 11.3 Å². The third-order valence-electron chi connectivity index (χ3n) is 3.86. The summed E-state index contributed by atoms with van der Waals surface area (Å²) in [6.45, 7) is -0.227. The van der Waals surface area contributed by atoms with Gasteiger partial charge >= 0.3 is 6.18 Å². The molecule has 0 radical (unpaired) electrons. The zero-order chi connectivity index (χ0) is 18.2. The molecule has 132 valence electrons. The molecule has 1 unspecified atom stereocenters. The Morgan fingerprint density at radius 3 is 2.52 bits per heavy atom. The fourth-order valence-electron chi connectivity index (χ4n) is 2.69. The van der Waals surface area contributed by atoms with Gasteiger partial charge in [-0.05, 0) is 17.7 Å². The van der Waals surface area contributed by atoms with Crippen molar-refractivity contribution in [1.29, 1.82) is 0 Å². The molecule has 0 N–H and O–H groups in total. The van der Waals surface area contributed by atoms with Gasteiger partial charge in [0, 0.05) is 18.2 Å². The van der Waals surface area contributed by atoms with Gasteiger partial charge in [-0.2, -0.15) is 13.2 Å². The maximum atomic E-state index is 13.9. The normalized spacial score (nSPS) is 18.0. The molecule has 0 aliphatic carbocycles. The van der Waals surface area contributed by atoms with E-state index >= 15 is 0 Å². The Kier molecular flexibility index (Phi) is 4.73. The molecule has 1 saturated heterocycles. The van der Waals surface area contributed by atoms with Crippen LogP contribution in [0.1, 0.15) is 22.1 Å². The van der Waals surface area contributed by atoms with E-state index in [0.29, 0.717) is 6.07 Å². The Morgan fingerprint density at radius 1 is 1.12 bits per heavy atom. The molecule has 3 rings (SSSR count). The van der Waals surface area contributed by atoms with Gasteiger partial charge in [-0.15, -0.1) is 11.8 Å². The average Bonchev–Trinajstić information content (AvgIpc) is 2.90. The number of carbonyl (C=O) groups excluding carboxylic acids is 1. The van der Waals surface area contributed by atoms with Gasteiger partial charge in [-0.1, -0.05) is 24.3 Å². The van der Waals surface area contributed by atoms with Crippen LogP contribution in [0.2, 0.25) is 0 Å². The Balaban J connectivity index is 1.96. The third kappa shape index (κ3) is 3.63. The summed E-state index contributed by atoms with van der Waals surface area (Å²) in [4.78, 5) is 13.3. The van der Waals surface area contributed by atoms with Crippen LogP contribution in [0, 0.1) is 11.6 Å². The largest absolute Gasteiger partial charge is 0.416 e. The first kappa shape index (κ1) is 17.7. The minimum Gasteiger partial charge on any atom is -0.321 e. The summed E-state index contributed by atoms with van der Waals surface area (Å²) in [5.41, 5.74) is -0.827. The summed E-state index contributed by atoms with van der Waals surface area (Å²) in [7, 11) is 0. The van der Waals surface area contributed by atoms with Crippen LogP contribution < -0.4 is 0 Å². The van der Waals surface area contributed by atoms with Crippen LogP contribution in [0.15, 0.2) is 42.5 Å². The maximum absolute atomic E-state index is 13.9. The Bertz CT molecular complexity index is 808. The van der Waals surface area contributed by atoms with E-state index < -0.39 is 34.7 Å². The number of nitrogens with zero attached hydrogens (tertiary/aromatic N) is 1. The van der Waals surface area contributed by atoms with E-state index in [0.717, 1.165) is 23.9 Å². The smallest absolute Gasteiger partial charge is 0.321 e. The first-order chi connectivity index (χ1) is 11.8. The topological polar surface area (TPSA) is 20.3 Å². The van der Waals surface area contributed by atoms with E-state index in [4.69, 9.17) is 0 Å². The number of benzene rings is 2. The molecule has 1 fully saturated rings. The first-order valence-electron chi connectivity index (χ1n) is 7.28. The van der Waals surface area contributed by atoms with E-state index in [2.05, 4.69) is 0 Å². The van der Waals surface area contributed by atoms with E-state index in [-0.39, 0.29) is 23.4 Å². The highest BCUT2D eigenvalue weighted by Crippen LogP contribution is 2.44. The molecular formula is C17H12F5NOS. The molecule has 2 nitrogen and oxygen atoms in total. The van der Waals surface area contributed by atoms with Gasteiger partial charge in [0.2, 0.25) is 5.91 Å². The number of halogens is 5. The molecule has 2 aromatic rings. The lowest BCUT2D eigenvalue weighted by atomic mass is 10.1. The molecule has 1 heterocycles. The van der Waals surface area contributed by atoms with Crippen molar-refractivity contribution < 1.29 is 26.7 Å². The predicted molar refractivity (Wildman–Crippen MR) is 83.6 cm³/mol. The summed E-state index contributed by atoms with van der Waals surface area (Å²) in [6.07, 6.45) is -4.56. The molecule has 0 spiro atoms. The van der Waals surface area contributed by atoms with Crippen molar-refractivity contribution in [3.05, 3.63) is 70.8 Å². The van der Waals surface area contributed by atoms with E-state index in [1.807, 2.05) is 0 Å². The molecular weight excluding hydrogens is 361 g/mol. The van der Waals surface area contributed by atoms with Crippen molar-refractivity contribution in [3.63, 3.8) is 0 Å². The summed E-state index contributed by atoms with van der Waals surface area (Å²) in [6, 6.07) is 7.92. The van der Waals surface area contributed by atoms with Crippen molar-refractivity contribution in [2.75, 3.05) is 5.75 Å². The predicted octanol–water partition coefficient (Wildman–Crippen LogP) is 4.76. The van der Waals surface area contributed by atoms with Crippen LogP contribution in [0.25, 0.3) is 0 Å². The van der Waals surface area contributed by atoms with Gasteiger partial charge in [-0.3, -0.25) is 4.79 Å². The number of alkyl halides is 3. The Labute approximate surface area is 144 Å². The van der Waals surface area contributed by atoms with Gasteiger partial charge < -0.3 is 4.90 Å². The standard InChI is InChI=1S/C17H12F5NOS/c18-11-6-5-10(14(19)7-11)8-23-15(24)9-25-16(23)12-3-1-2-4-13(12)17(20,21)22/h1-7,16H,8-9H2. The Hall–Kier alpha value is -2.09. The number of carbonyl (C=O) groups is 1. The second-order valence-corrected chi connectivity index (χ2v) is 6.57. The molecule has 2 aromatic carbocycles. The fourth-order valence-corrected chi connectivity index (χ4v) is 3.91. The van der Waals surface area contributed by atoms with Crippen LogP contribution in [0.4, 0.5) is 22.0 Å². The molecule has 25 heavy (non-hydrogen) atoms. The van der Waals surface area contributed by atoms with E-state index in [9.17, 15) is 26.7 Å². The van der Waals surface area contributed by atoms with Crippen molar-refractivity contribution in [2.24, 2.45) is 0 Å². The molecule has 0 saturated carbocycles. The summed E-state index contributed by atoms with van der Waals surface area (Å²) >= 11 is 1.05. The molecule has 0 aromatic heterocycles. The number of thioether (sulfide) groups is 1. The van der Waals surface area contributed by atoms with Crippen LogP contribution in [0.3, 0.4) is 0 Å². The SMILES string of the molecule is O=C1CSC(c2ccccc2C(F)(F)F)N1Cc1ccc(F)cc1F. The Morgan fingerprint density at radius 2 is 1.84 bits per heavy atom. The monoisotopic (exact) mass is 373 g/mol. The minimum absolute atomic E-state index is 0.000326. The molecule has 1 aliphatic heterocycles. The van der Waals surface area contributed by atoms with Crippen molar-refractivity contribution in [2.45, 2.75) is 18.1 Å². The van der Waals surface area contributed by atoms with Gasteiger partial charge in [0.25, 0.3) is 0 Å². The summed E-state index contributed by atoms with van der Waals surface area (Å²) in [5.74, 6) is -2.00. The lowest BCUT2D eigenvalue weighted by molar-refractivity contribution is -0.139. The molecule has 8 heteroatoms. The molecule has 1 atom stereocenters. The molecule has 1 aliphatic rings. The van der Waals surface area contributed by atoms with Gasteiger partial charge in [0.15, 0.2) is 0 Å². The van der Waals surface area contributed by atoms with E-state index in [1.54, 1.807) is 0 Å². The van der Waals surface area contributed by atoms with Crippen LogP contribution in [0.5, 0.6) is 0 Å². The third-order valence-corrected chi connectivity index (χ3v) is 5.09. The summed E-state index contributed by atoms with van der Waals surface area (Å²) < 4.78 is 66.6. The molecule has 0 bridgehead atoms. The van der Waals surface area contributed by atoms with Gasteiger partial charge in [-0.25, -0.2) is 8.78 Å². The molecule has 1 amide bonds. The van der Waals surface area contributed by atoms with Crippen molar-refractivity contribution in [3.8, 4) is 0 Å². The summed E-state index contributed by atoms with van der Waals surface area (Å²) in [5, 5.41) is -0.880. The highest BCUT2D eigenvalue weighted by molar-refractivity contribution is 8.00. The number of rotatable bonds is 3. The van der Waals surface area contributed by atoms with Crippen LogP contribution in [-0.2, 0) is 17.5 Å². The number of amides is 1. The highest BCUT2D eigenvalue weighted by atomic mass is 32.2. The maximum Gasteiger partial charge on any atom is 0.416 e. The average molecular weight is 373 g/mol. The van der Waals surface area contributed by atoms with Crippen molar-refractivity contribution >= 4 is 17.7 Å². The zero-order valence-electron chi connectivity index (χ0n) is 12.7. The fraction of sp³-hybridized carbons (Fsp3) is 0.235. The van der Waals surface area contributed by atoms with E-state index in [1.165, 1.54) is 29.2 Å². The van der Waals surface area contributed by atoms with Crippen molar-refractivity contribution in [1.82, 2.24) is 4.90 Å². The van der Waals surface area contributed by atoms with Gasteiger partial charge in [0.1, 0.15) is 17.0 Å². The second kappa shape index (κ2) is 6.67.